The molecule has 3 N–H and O–H groups in total. The first-order valence-corrected chi connectivity index (χ1v) is 18.7. The zero-order valence-electron chi connectivity index (χ0n) is 32.3. The molecule has 1 fully saturated rings. The van der Waals surface area contributed by atoms with Gasteiger partial charge in [0, 0.05) is 43.0 Å². The third-order valence-electron chi connectivity index (χ3n) is 9.49. The molecule has 2 atom stereocenters. The summed E-state index contributed by atoms with van der Waals surface area (Å²) in [4.78, 5) is 102. The highest BCUT2D eigenvalue weighted by atomic mass is 19.3. The average molecular weight is 825 g/mol. The zero-order valence-corrected chi connectivity index (χ0v) is 32.3. The van der Waals surface area contributed by atoms with E-state index in [-0.39, 0.29) is 85.1 Å². The first-order valence-electron chi connectivity index (χ1n) is 18.7. The Morgan fingerprint density at radius 2 is 1.67 bits per heavy atom. The number of ether oxygens (including phenoxy) is 2. The number of carbonyl (C=O) groups is 8. The van der Waals surface area contributed by atoms with Crippen LogP contribution in [0.1, 0.15) is 71.4 Å². The summed E-state index contributed by atoms with van der Waals surface area (Å²) in [6.45, 7) is 1.58. The molecule has 310 valence electrons. The van der Waals surface area contributed by atoms with Crippen LogP contribution in [0.4, 0.5) is 25.8 Å². The molecular weight excluding hydrogens is 786 g/mol. The van der Waals surface area contributed by atoms with E-state index < -0.39 is 65.8 Å². The molecule has 0 bridgehead atoms. The highest BCUT2D eigenvalue weighted by molar-refractivity contribution is 6.29. The number of amides is 7. The van der Waals surface area contributed by atoms with Crippen LogP contribution >= 0.6 is 0 Å². The first kappa shape index (κ1) is 42.6. The van der Waals surface area contributed by atoms with Crippen LogP contribution in [-0.2, 0) is 44.2 Å². The maximum atomic E-state index is 13.8. The molecule has 3 aliphatic rings. The fourth-order valence-corrected chi connectivity index (χ4v) is 6.57. The van der Waals surface area contributed by atoms with Gasteiger partial charge in [-0.25, -0.2) is 8.78 Å². The van der Waals surface area contributed by atoms with Crippen LogP contribution in [-0.4, -0.2) is 90.2 Å². The van der Waals surface area contributed by atoms with Gasteiger partial charge in [-0.1, -0.05) is 36.1 Å². The number of hydrogen-bond donors (Lipinski definition) is 3. The number of fused-ring (bicyclic) bond motifs is 1. The van der Waals surface area contributed by atoms with Crippen LogP contribution in [0.15, 0.2) is 71.8 Å². The number of anilines is 3. The number of Topliss-reactive ketones (excluding diaryl/α,β-unsaturated/α-hetero) is 1. The van der Waals surface area contributed by atoms with E-state index >= 15 is 0 Å². The Hall–Kier alpha value is -6.97. The number of hydrazone groups is 1. The number of nitrogens with zero attached hydrogens (tertiary/aromatic N) is 3. The third-order valence-corrected chi connectivity index (χ3v) is 9.49. The van der Waals surface area contributed by atoms with Crippen LogP contribution in [0.25, 0.3) is 0 Å². The lowest BCUT2D eigenvalue weighted by Crippen LogP contribution is -2.54. The summed E-state index contributed by atoms with van der Waals surface area (Å²) in [6.07, 6.45) is 0.257. The summed E-state index contributed by atoms with van der Waals surface area (Å²) in [5.74, 6) is -3.46. The Morgan fingerprint density at radius 3 is 2.42 bits per heavy atom. The van der Waals surface area contributed by atoms with Crippen molar-refractivity contribution in [2.45, 2.75) is 51.5 Å². The molecule has 0 radical (unpaired) electrons. The normalized spacial score (nSPS) is 17.5. The number of halogens is 2. The third kappa shape index (κ3) is 9.82. The molecule has 7 amide bonds. The monoisotopic (exact) mass is 824 g/mol. The van der Waals surface area contributed by atoms with Crippen LogP contribution in [0.3, 0.4) is 0 Å². The number of piperidine rings is 1. The number of nitrogens with one attached hydrogen (secondary N) is 3. The molecule has 0 aliphatic carbocycles. The summed E-state index contributed by atoms with van der Waals surface area (Å²) >= 11 is 0. The number of ketones is 1. The highest BCUT2D eigenvalue weighted by Gasteiger charge is 2.46. The average Bonchev–Trinajstić information content (AvgIpc) is 3.65. The van der Waals surface area contributed by atoms with E-state index in [4.69, 9.17) is 9.47 Å². The predicted molar refractivity (Wildman–Crippen MR) is 210 cm³/mol. The molecule has 3 aliphatic heterocycles. The summed E-state index contributed by atoms with van der Waals surface area (Å²) in [7, 11) is 0. The minimum atomic E-state index is -3.11. The van der Waals surface area contributed by atoms with Crippen molar-refractivity contribution in [3.8, 4) is 11.8 Å². The molecule has 60 heavy (non-hydrogen) atoms. The molecule has 0 spiro atoms. The fourth-order valence-electron chi connectivity index (χ4n) is 6.57. The molecule has 0 saturated carbocycles. The number of imide groups is 2. The lowest BCUT2D eigenvalue weighted by molar-refractivity contribution is -0.136. The molecule has 2 unspecified atom stereocenters. The van der Waals surface area contributed by atoms with Gasteiger partial charge in [-0.3, -0.25) is 48.6 Å². The lowest BCUT2D eigenvalue weighted by Gasteiger charge is -2.27. The molecule has 18 heteroatoms. The Bertz CT molecular complexity index is 2380. The van der Waals surface area contributed by atoms with Crippen molar-refractivity contribution in [1.29, 1.82) is 0 Å². The van der Waals surface area contributed by atoms with E-state index in [1.165, 1.54) is 43.3 Å². The molecule has 6 rings (SSSR count). The van der Waals surface area contributed by atoms with E-state index in [1.807, 2.05) is 0 Å². The van der Waals surface area contributed by atoms with Gasteiger partial charge in [0.2, 0.25) is 23.6 Å². The second-order valence-electron chi connectivity index (χ2n) is 14.0. The molecular formula is C42H38F2N6O10. The number of alkyl halides is 2. The Balaban J connectivity index is 0.895. The fraction of sp³-hybridized carbons (Fsp3) is 0.310. The van der Waals surface area contributed by atoms with E-state index in [2.05, 4.69) is 32.9 Å². The standard InChI is InChI=1S/C42H38F2N6O10/c1-24-35(38(55)45-27-11-6-10-26(21-27)42(2,43)44)41(58)50(48-24)28-12-5-9-25(20-28)8-3-4-13-29(51)22-59-18-19-60-23-34(53)46-31-15-7-14-30-36(31)40(57)49(39(30)56)32-16-17-33(52)47-37(32)54/h5-7,9-12,14-15,20-21,32,35H,4,13,16-19,22-23H2,1-2H3,(H,45,55)(H,46,53)(H,47,52,54). The second kappa shape index (κ2) is 18.3. The van der Waals surface area contributed by atoms with Gasteiger partial charge in [-0.15, -0.1) is 0 Å². The number of carbonyl (C=O) groups excluding carboxylic acids is 8. The molecule has 3 aromatic rings. The van der Waals surface area contributed by atoms with Gasteiger partial charge in [0.05, 0.1) is 41.4 Å². The lowest BCUT2D eigenvalue weighted by atomic mass is 10.0. The van der Waals surface area contributed by atoms with Crippen LogP contribution < -0.4 is 21.0 Å². The van der Waals surface area contributed by atoms with Gasteiger partial charge in [0.1, 0.15) is 19.3 Å². The summed E-state index contributed by atoms with van der Waals surface area (Å²) < 4.78 is 38.2. The molecule has 0 aromatic heterocycles. The second-order valence-corrected chi connectivity index (χ2v) is 14.0. The van der Waals surface area contributed by atoms with Crippen molar-refractivity contribution in [2.24, 2.45) is 11.0 Å². The number of rotatable bonds is 15. The Morgan fingerprint density at radius 1 is 0.933 bits per heavy atom. The van der Waals surface area contributed by atoms with Gasteiger partial charge in [0.25, 0.3) is 23.6 Å². The number of benzene rings is 3. The quantitative estimate of drug-likeness (QED) is 0.0879. The van der Waals surface area contributed by atoms with Crippen molar-refractivity contribution in [3.05, 3.63) is 89.0 Å². The maximum Gasteiger partial charge on any atom is 0.270 e. The number of hydrogen-bond acceptors (Lipinski definition) is 11. The van der Waals surface area contributed by atoms with E-state index in [0.29, 0.717) is 11.3 Å². The van der Waals surface area contributed by atoms with Gasteiger partial charge in [0.15, 0.2) is 11.7 Å². The van der Waals surface area contributed by atoms with Crippen LogP contribution in [0, 0.1) is 17.8 Å². The van der Waals surface area contributed by atoms with Gasteiger partial charge in [-0.2, -0.15) is 10.1 Å². The predicted octanol–water partition coefficient (Wildman–Crippen LogP) is 3.55. The Labute approximate surface area is 341 Å². The van der Waals surface area contributed by atoms with Gasteiger partial charge >= 0.3 is 0 Å². The highest BCUT2D eigenvalue weighted by Crippen LogP contribution is 2.33. The largest absolute Gasteiger partial charge is 0.371 e. The summed E-state index contributed by atoms with van der Waals surface area (Å²) in [5, 5.41) is 12.5. The van der Waals surface area contributed by atoms with Crippen LogP contribution in [0.5, 0.6) is 0 Å². The minimum Gasteiger partial charge on any atom is -0.371 e. The van der Waals surface area contributed by atoms with Crippen molar-refractivity contribution in [3.63, 3.8) is 0 Å². The first-order chi connectivity index (χ1) is 28.6. The van der Waals surface area contributed by atoms with Crippen molar-refractivity contribution in [1.82, 2.24) is 10.2 Å². The van der Waals surface area contributed by atoms with Crippen LogP contribution in [0.2, 0.25) is 0 Å². The van der Waals surface area contributed by atoms with E-state index in [9.17, 15) is 47.1 Å². The minimum absolute atomic E-state index is 0.00319. The van der Waals surface area contributed by atoms with E-state index in [0.717, 1.165) is 22.9 Å². The Kier molecular flexibility index (Phi) is 13.0. The summed E-state index contributed by atoms with van der Waals surface area (Å²) in [5.41, 5.74) is 0.923. The molecule has 1 saturated heterocycles. The van der Waals surface area contributed by atoms with E-state index in [1.54, 1.807) is 24.3 Å². The molecule has 3 aromatic carbocycles. The zero-order chi connectivity index (χ0) is 43.1. The van der Waals surface area contributed by atoms with Gasteiger partial charge in [-0.05, 0) is 55.8 Å². The van der Waals surface area contributed by atoms with Crippen molar-refractivity contribution >= 4 is 69.9 Å². The smallest absolute Gasteiger partial charge is 0.270 e. The molecule has 16 nitrogen and oxygen atoms in total. The summed E-state index contributed by atoms with van der Waals surface area (Å²) in [6, 6.07) is 14.9. The van der Waals surface area contributed by atoms with Crippen molar-refractivity contribution in [2.75, 3.05) is 42.1 Å². The van der Waals surface area contributed by atoms with Gasteiger partial charge < -0.3 is 20.1 Å². The topological polar surface area (TPSA) is 210 Å². The van der Waals surface area contributed by atoms with Crippen molar-refractivity contribution < 1.29 is 56.6 Å². The molecule has 3 heterocycles. The maximum absolute atomic E-state index is 13.8. The SMILES string of the molecule is CC1=NN(c2cccc(C#CCCC(=O)COCCOCC(=O)Nc3cccc4c3C(=O)N(C3CCC(=O)NC3=O)C4=O)c2)C(=O)C1C(=O)Nc1cccc(C(C)(F)F)c1.